The molecule has 1 heterocycles. The van der Waals surface area contributed by atoms with Crippen molar-refractivity contribution < 1.29 is 14.3 Å². The maximum atomic E-state index is 12.8. The molecule has 0 saturated carbocycles. The minimum atomic E-state index is -1.06. The number of anilines is 1. The Labute approximate surface area is 160 Å². The molecule has 3 rings (SSSR count). The fourth-order valence-electron chi connectivity index (χ4n) is 3.34. The maximum Gasteiger partial charge on any atom is 0.244 e. The number of carbonyl (C=O) groups is 1. The summed E-state index contributed by atoms with van der Waals surface area (Å²) in [5, 5.41) is 3.11. The first-order valence-corrected chi connectivity index (χ1v) is 9.07. The van der Waals surface area contributed by atoms with Crippen LogP contribution in [0.5, 0.6) is 11.5 Å². The standard InChI is InChI=1S/C21H27N3O3/c1-21(22,15-7-5-4-6-8-15)20(25)23-16-9-10-24(14-16)17-11-18(26-2)13-19(12-17)27-3/h4-8,11-13,16H,9-10,14,22H2,1-3H3,(H,23,25). The fourth-order valence-corrected chi connectivity index (χ4v) is 3.34. The van der Waals surface area contributed by atoms with E-state index in [2.05, 4.69) is 10.2 Å². The zero-order valence-corrected chi connectivity index (χ0v) is 16.1. The molecule has 0 aromatic heterocycles. The van der Waals surface area contributed by atoms with Gasteiger partial charge in [-0.2, -0.15) is 0 Å². The van der Waals surface area contributed by atoms with E-state index in [1.807, 2.05) is 48.5 Å². The van der Waals surface area contributed by atoms with Crippen molar-refractivity contribution in [2.45, 2.75) is 24.9 Å². The van der Waals surface area contributed by atoms with E-state index in [4.69, 9.17) is 15.2 Å². The number of methoxy groups -OCH3 is 2. The van der Waals surface area contributed by atoms with E-state index in [-0.39, 0.29) is 11.9 Å². The van der Waals surface area contributed by atoms with E-state index < -0.39 is 5.54 Å². The van der Waals surface area contributed by atoms with Crippen molar-refractivity contribution in [2.24, 2.45) is 5.73 Å². The van der Waals surface area contributed by atoms with Gasteiger partial charge in [0.15, 0.2) is 0 Å². The smallest absolute Gasteiger partial charge is 0.244 e. The molecule has 1 aliphatic rings. The number of nitrogens with two attached hydrogens (primary N) is 1. The summed E-state index contributed by atoms with van der Waals surface area (Å²) >= 11 is 0. The number of hydrogen-bond donors (Lipinski definition) is 2. The van der Waals surface area contributed by atoms with Gasteiger partial charge in [-0.05, 0) is 18.9 Å². The molecule has 1 amide bonds. The predicted molar refractivity (Wildman–Crippen MR) is 106 cm³/mol. The predicted octanol–water partition coefficient (Wildman–Crippen LogP) is 2.27. The van der Waals surface area contributed by atoms with Crippen LogP contribution >= 0.6 is 0 Å². The van der Waals surface area contributed by atoms with Crippen LogP contribution < -0.4 is 25.4 Å². The number of nitrogens with zero attached hydrogens (tertiary/aromatic N) is 1. The van der Waals surface area contributed by atoms with E-state index in [0.29, 0.717) is 6.54 Å². The topological polar surface area (TPSA) is 76.8 Å². The molecular formula is C21H27N3O3. The number of carbonyl (C=O) groups excluding carboxylic acids is 1. The normalized spacial score (nSPS) is 18.7. The summed E-state index contributed by atoms with van der Waals surface area (Å²) in [6.07, 6.45) is 0.857. The van der Waals surface area contributed by atoms with Gasteiger partial charge in [0.05, 0.1) is 14.2 Å². The summed E-state index contributed by atoms with van der Waals surface area (Å²) in [5.41, 5.74) is 7.08. The Morgan fingerprint density at radius 2 is 1.78 bits per heavy atom. The second-order valence-electron chi connectivity index (χ2n) is 7.04. The molecule has 2 unspecified atom stereocenters. The van der Waals surface area contributed by atoms with Crippen LogP contribution in [0.1, 0.15) is 18.9 Å². The van der Waals surface area contributed by atoms with Gasteiger partial charge in [0.25, 0.3) is 0 Å². The average Bonchev–Trinajstić information content (AvgIpc) is 3.16. The SMILES string of the molecule is COc1cc(OC)cc(N2CCC(NC(=O)C(C)(N)c3ccccc3)C2)c1. The first-order chi connectivity index (χ1) is 12.9. The second kappa shape index (κ2) is 7.88. The Hall–Kier alpha value is -2.73. The van der Waals surface area contributed by atoms with Gasteiger partial charge in [-0.1, -0.05) is 30.3 Å². The van der Waals surface area contributed by atoms with Gasteiger partial charge < -0.3 is 25.4 Å². The van der Waals surface area contributed by atoms with Gasteiger partial charge >= 0.3 is 0 Å². The zero-order valence-electron chi connectivity index (χ0n) is 16.1. The molecule has 0 spiro atoms. The highest BCUT2D eigenvalue weighted by atomic mass is 16.5. The number of rotatable bonds is 6. The molecule has 1 aliphatic heterocycles. The first kappa shape index (κ1) is 19.0. The molecule has 0 radical (unpaired) electrons. The van der Waals surface area contributed by atoms with Crippen LogP contribution in [-0.4, -0.2) is 39.3 Å². The second-order valence-corrected chi connectivity index (χ2v) is 7.04. The molecule has 6 nitrogen and oxygen atoms in total. The van der Waals surface area contributed by atoms with Gasteiger partial charge in [0, 0.05) is 43.0 Å². The molecule has 2 aromatic rings. The van der Waals surface area contributed by atoms with Crippen LogP contribution in [0.25, 0.3) is 0 Å². The highest BCUT2D eigenvalue weighted by Crippen LogP contribution is 2.30. The lowest BCUT2D eigenvalue weighted by Crippen LogP contribution is -2.52. The summed E-state index contributed by atoms with van der Waals surface area (Å²) < 4.78 is 10.7. The largest absolute Gasteiger partial charge is 0.497 e. The first-order valence-electron chi connectivity index (χ1n) is 9.07. The van der Waals surface area contributed by atoms with E-state index in [0.717, 1.165) is 35.7 Å². The fraction of sp³-hybridized carbons (Fsp3) is 0.381. The molecule has 144 valence electrons. The summed E-state index contributed by atoms with van der Waals surface area (Å²) in [6, 6.07) is 15.3. The molecule has 27 heavy (non-hydrogen) atoms. The van der Waals surface area contributed by atoms with Crippen molar-refractivity contribution in [3.05, 3.63) is 54.1 Å². The quantitative estimate of drug-likeness (QED) is 0.817. The van der Waals surface area contributed by atoms with Gasteiger partial charge in [0.2, 0.25) is 5.91 Å². The Balaban J connectivity index is 1.67. The minimum Gasteiger partial charge on any atom is -0.497 e. The van der Waals surface area contributed by atoms with Crippen molar-refractivity contribution in [3.8, 4) is 11.5 Å². The summed E-state index contributed by atoms with van der Waals surface area (Å²) in [6.45, 7) is 3.30. The number of benzene rings is 2. The molecule has 1 fully saturated rings. The molecule has 2 atom stereocenters. The third-order valence-electron chi connectivity index (χ3n) is 5.07. The van der Waals surface area contributed by atoms with Crippen molar-refractivity contribution >= 4 is 11.6 Å². The van der Waals surface area contributed by atoms with E-state index in [1.165, 1.54) is 0 Å². The Morgan fingerprint density at radius 3 is 2.37 bits per heavy atom. The van der Waals surface area contributed by atoms with Gasteiger partial charge in [-0.25, -0.2) is 0 Å². The Kier molecular flexibility index (Phi) is 5.56. The van der Waals surface area contributed by atoms with Gasteiger partial charge in [-0.3, -0.25) is 4.79 Å². The van der Waals surface area contributed by atoms with Crippen molar-refractivity contribution in [3.63, 3.8) is 0 Å². The maximum absolute atomic E-state index is 12.8. The van der Waals surface area contributed by atoms with E-state index in [1.54, 1.807) is 21.1 Å². The van der Waals surface area contributed by atoms with Crippen molar-refractivity contribution in [1.29, 1.82) is 0 Å². The van der Waals surface area contributed by atoms with Gasteiger partial charge in [0.1, 0.15) is 17.0 Å². The van der Waals surface area contributed by atoms with Crippen LogP contribution in [-0.2, 0) is 10.3 Å². The highest BCUT2D eigenvalue weighted by Gasteiger charge is 2.33. The minimum absolute atomic E-state index is 0.0429. The van der Waals surface area contributed by atoms with Crippen LogP contribution in [0.3, 0.4) is 0 Å². The lowest BCUT2D eigenvalue weighted by atomic mass is 9.92. The van der Waals surface area contributed by atoms with Crippen molar-refractivity contribution in [1.82, 2.24) is 5.32 Å². The zero-order chi connectivity index (χ0) is 19.4. The molecular weight excluding hydrogens is 342 g/mol. The monoisotopic (exact) mass is 369 g/mol. The Bertz CT molecular complexity index is 770. The number of nitrogens with one attached hydrogen (secondary N) is 1. The summed E-state index contributed by atoms with van der Waals surface area (Å²) in [4.78, 5) is 15.0. The van der Waals surface area contributed by atoms with E-state index in [9.17, 15) is 4.79 Å². The number of ether oxygens (including phenoxy) is 2. The third-order valence-corrected chi connectivity index (χ3v) is 5.07. The molecule has 0 bridgehead atoms. The van der Waals surface area contributed by atoms with Crippen LogP contribution in [0, 0.1) is 0 Å². The third kappa shape index (κ3) is 4.17. The van der Waals surface area contributed by atoms with E-state index >= 15 is 0 Å². The Morgan fingerprint density at radius 1 is 1.15 bits per heavy atom. The molecule has 3 N–H and O–H groups in total. The van der Waals surface area contributed by atoms with Crippen molar-refractivity contribution in [2.75, 3.05) is 32.2 Å². The van der Waals surface area contributed by atoms with Crippen LogP contribution in [0.4, 0.5) is 5.69 Å². The highest BCUT2D eigenvalue weighted by molar-refractivity contribution is 5.87. The molecule has 1 saturated heterocycles. The molecule has 2 aromatic carbocycles. The number of hydrogen-bond acceptors (Lipinski definition) is 5. The van der Waals surface area contributed by atoms with Crippen LogP contribution in [0.15, 0.2) is 48.5 Å². The summed E-state index contributed by atoms with van der Waals surface area (Å²) in [5.74, 6) is 1.33. The lowest BCUT2D eigenvalue weighted by molar-refractivity contribution is -0.126. The molecule has 6 heteroatoms. The molecule has 0 aliphatic carbocycles. The number of amides is 1. The average molecular weight is 369 g/mol. The summed E-state index contributed by atoms with van der Waals surface area (Å²) in [7, 11) is 3.27. The lowest BCUT2D eigenvalue weighted by Gasteiger charge is -2.26. The van der Waals surface area contributed by atoms with Crippen LogP contribution in [0.2, 0.25) is 0 Å². The van der Waals surface area contributed by atoms with Gasteiger partial charge in [-0.15, -0.1) is 0 Å².